The molecule has 0 aromatic heterocycles. The molecule has 0 radical (unpaired) electrons. The fourth-order valence-electron chi connectivity index (χ4n) is 2.01. The van der Waals surface area contributed by atoms with Crippen molar-refractivity contribution in [3.8, 4) is 0 Å². The molecule has 0 bridgehead atoms. The first-order valence-electron chi connectivity index (χ1n) is 5.23. The summed E-state index contributed by atoms with van der Waals surface area (Å²) < 4.78 is 5.04. The smallest absolute Gasteiger partial charge is 0.302 e. The number of allylic oxidation sites excluding steroid dienone is 1. The minimum atomic E-state index is -0.178. The Morgan fingerprint density at radius 3 is 2.79 bits per heavy atom. The lowest BCUT2D eigenvalue weighted by molar-refractivity contribution is -0.142. The number of carbonyl (C=O) groups excluding carboxylic acids is 1. The van der Waals surface area contributed by atoms with Crippen LogP contribution in [-0.2, 0) is 9.53 Å². The van der Waals surface area contributed by atoms with Gasteiger partial charge in [-0.2, -0.15) is 0 Å². The third kappa shape index (κ3) is 3.17. The van der Waals surface area contributed by atoms with Crippen molar-refractivity contribution in [2.45, 2.75) is 40.5 Å². The molecule has 0 N–H and O–H groups in total. The maximum absolute atomic E-state index is 10.7. The van der Waals surface area contributed by atoms with Crippen LogP contribution in [0.4, 0.5) is 0 Å². The fourth-order valence-corrected chi connectivity index (χ4v) is 2.01. The Morgan fingerprint density at radius 1 is 1.64 bits per heavy atom. The number of ether oxygens (including phenoxy) is 1. The Hall–Kier alpha value is -0.790. The second-order valence-corrected chi connectivity index (χ2v) is 4.92. The SMILES string of the molecule is CC(=O)OCC1CCC(C)(C)C=C1C. The van der Waals surface area contributed by atoms with E-state index in [0.717, 1.165) is 6.42 Å². The van der Waals surface area contributed by atoms with E-state index in [-0.39, 0.29) is 5.97 Å². The van der Waals surface area contributed by atoms with E-state index < -0.39 is 0 Å². The molecular formula is C12H20O2. The maximum Gasteiger partial charge on any atom is 0.302 e. The lowest BCUT2D eigenvalue weighted by atomic mass is 9.75. The zero-order valence-electron chi connectivity index (χ0n) is 9.59. The van der Waals surface area contributed by atoms with Crippen LogP contribution in [0.5, 0.6) is 0 Å². The van der Waals surface area contributed by atoms with Crippen LogP contribution in [0.2, 0.25) is 0 Å². The van der Waals surface area contributed by atoms with Crippen molar-refractivity contribution < 1.29 is 9.53 Å². The van der Waals surface area contributed by atoms with Crippen molar-refractivity contribution >= 4 is 5.97 Å². The maximum atomic E-state index is 10.7. The predicted octanol–water partition coefficient (Wildman–Crippen LogP) is 2.93. The molecule has 0 spiro atoms. The molecular weight excluding hydrogens is 176 g/mol. The van der Waals surface area contributed by atoms with Crippen LogP contribution in [0.3, 0.4) is 0 Å². The van der Waals surface area contributed by atoms with Gasteiger partial charge in [0.15, 0.2) is 0 Å². The number of rotatable bonds is 2. The van der Waals surface area contributed by atoms with Gasteiger partial charge in [0, 0.05) is 12.8 Å². The highest BCUT2D eigenvalue weighted by molar-refractivity contribution is 5.65. The summed E-state index contributed by atoms with van der Waals surface area (Å²) in [6.45, 7) is 8.64. The van der Waals surface area contributed by atoms with Crippen LogP contribution < -0.4 is 0 Å². The van der Waals surface area contributed by atoms with Crippen LogP contribution >= 0.6 is 0 Å². The number of hydrogen-bond acceptors (Lipinski definition) is 2. The molecule has 0 aromatic carbocycles. The largest absolute Gasteiger partial charge is 0.465 e. The fraction of sp³-hybridized carbons (Fsp3) is 0.750. The minimum Gasteiger partial charge on any atom is -0.465 e. The third-order valence-corrected chi connectivity index (χ3v) is 2.89. The minimum absolute atomic E-state index is 0.178. The predicted molar refractivity (Wildman–Crippen MR) is 56.9 cm³/mol. The van der Waals surface area contributed by atoms with E-state index >= 15 is 0 Å². The topological polar surface area (TPSA) is 26.3 Å². The van der Waals surface area contributed by atoms with Gasteiger partial charge in [-0.25, -0.2) is 0 Å². The van der Waals surface area contributed by atoms with Gasteiger partial charge in [0.1, 0.15) is 0 Å². The van der Waals surface area contributed by atoms with E-state index in [2.05, 4.69) is 26.8 Å². The van der Waals surface area contributed by atoms with E-state index in [1.165, 1.54) is 18.9 Å². The van der Waals surface area contributed by atoms with E-state index in [4.69, 9.17) is 4.74 Å². The van der Waals surface area contributed by atoms with Crippen molar-refractivity contribution in [1.82, 2.24) is 0 Å². The summed E-state index contributed by atoms with van der Waals surface area (Å²) in [5.74, 6) is 0.259. The van der Waals surface area contributed by atoms with Crippen LogP contribution in [0.15, 0.2) is 11.6 Å². The quantitative estimate of drug-likeness (QED) is 0.501. The van der Waals surface area contributed by atoms with Gasteiger partial charge in [-0.3, -0.25) is 4.79 Å². The molecule has 1 unspecified atom stereocenters. The van der Waals surface area contributed by atoms with E-state index in [1.54, 1.807) is 0 Å². The molecule has 1 atom stereocenters. The van der Waals surface area contributed by atoms with Crippen molar-refractivity contribution in [3.63, 3.8) is 0 Å². The zero-order valence-corrected chi connectivity index (χ0v) is 9.59. The number of carbonyl (C=O) groups is 1. The molecule has 0 amide bonds. The first kappa shape index (κ1) is 11.3. The summed E-state index contributed by atoms with van der Waals surface area (Å²) in [4.78, 5) is 10.7. The molecule has 0 heterocycles. The molecule has 1 rings (SSSR count). The van der Waals surface area contributed by atoms with E-state index in [0.29, 0.717) is 17.9 Å². The molecule has 1 aliphatic carbocycles. The summed E-state index contributed by atoms with van der Waals surface area (Å²) in [6, 6.07) is 0. The second-order valence-electron chi connectivity index (χ2n) is 4.92. The highest BCUT2D eigenvalue weighted by Gasteiger charge is 2.25. The average Bonchev–Trinajstić information content (AvgIpc) is 2.00. The Morgan fingerprint density at radius 2 is 2.29 bits per heavy atom. The van der Waals surface area contributed by atoms with Crippen molar-refractivity contribution in [2.75, 3.05) is 6.61 Å². The molecule has 0 aliphatic heterocycles. The van der Waals surface area contributed by atoms with Gasteiger partial charge < -0.3 is 4.74 Å². The van der Waals surface area contributed by atoms with Gasteiger partial charge >= 0.3 is 5.97 Å². The van der Waals surface area contributed by atoms with Gasteiger partial charge in [-0.1, -0.05) is 25.5 Å². The van der Waals surface area contributed by atoms with Crippen LogP contribution in [-0.4, -0.2) is 12.6 Å². The number of hydrogen-bond donors (Lipinski definition) is 0. The second kappa shape index (κ2) is 4.16. The Balaban J connectivity index is 2.54. The van der Waals surface area contributed by atoms with Crippen LogP contribution in [0.1, 0.15) is 40.5 Å². The normalized spacial score (nSPS) is 25.4. The first-order valence-corrected chi connectivity index (χ1v) is 5.23. The summed E-state index contributed by atoms with van der Waals surface area (Å²) in [6.07, 6.45) is 4.61. The molecule has 0 aromatic rings. The first-order chi connectivity index (χ1) is 6.41. The molecule has 0 saturated heterocycles. The molecule has 0 fully saturated rings. The monoisotopic (exact) mass is 196 g/mol. The molecule has 0 saturated carbocycles. The van der Waals surface area contributed by atoms with Crippen molar-refractivity contribution in [1.29, 1.82) is 0 Å². The Kier molecular flexibility index (Phi) is 3.35. The number of esters is 1. The van der Waals surface area contributed by atoms with Gasteiger partial charge in [0.2, 0.25) is 0 Å². The molecule has 2 heteroatoms. The van der Waals surface area contributed by atoms with Gasteiger partial charge in [-0.15, -0.1) is 0 Å². The molecule has 14 heavy (non-hydrogen) atoms. The van der Waals surface area contributed by atoms with Gasteiger partial charge in [0.05, 0.1) is 6.61 Å². The molecule has 80 valence electrons. The molecule has 2 nitrogen and oxygen atoms in total. The summed E-state index contributed by atoms with van der Waals surface area (Å²) in [7, 11) is 0. The summed E-state index contributed by atoms with van der Waals surface area (Å²) >= 11 is 0. The Labute approximate surface area is 86.3 Å². The third-order valence-electron chi connectivity index (χ3n) is 2.89. The van der Waals surface area contributed by atoms with E-state index in [1.807, 2.05) is 0 Å². The van der Waals surface area contributed by atoms with Gasteiger partial charge in [-0.05, 0) is 25.2 Å². The summed E-state index contributed by atoms with van der Waals surface area (Å²) in [5.41, 5.74) is 1.68. The highest BCUT2D eigenvalue weighted by Crippen LogP contribution is 2.36. The summed E-state index contributed by atoms with van der Waals surface area (Å²) in [5, 5.41) is 0. The average molecular weight is 196 g/mol. The molecule has 1 aliphatic rings. The van der Waals surface area contributed by atoms with Crippen molar-refractivity contribution in [2.24, 2.45) is 11.3 Å². The standard InChI is InChI=1S/C12H20O2/c1-9-7-12(3,4)6-5-11(9)8-14-10(2)13/h7,11H,5-6,8H2,1-4H3. The van der Waals surface area contributed by atoms with Gasteiger partial charge in [0.25, 0.3) is 0 Å². The van der Waals surface area contributed by atoms with Crippen LogP contribution in [0, 0.1) is 11.3 Å². The van der Waals surface area contributed by atoms with E-state index in [9.17, 15) is 4.79 Å². The van der Waals surface area contributed by atoms with Crippen LogP contribution in [0.25, 0.3) is 0 Å². The Bertz CT molecular complexity index is 251. The zero-order chi connectivity index (χ0) is 10.8. The lowest BCUT2D eigenvalue weighted by Gasteiger charge is -2.31. The lowest BCUT2D eigenvalue weighted by Crippen LogP contribution is -2.23. The van der Waals surface area contributed by atoms with Crippen molar-refractivity contribution in [3.05, 3.63) is 11.6 Å². The highest BCUT2D eigenvalue weighted by atomic mass is 16.5.